The molecular weight excluding hydrogens is 328 g/mol. The number of halogens is 1. The summed E-state index contributed by atoms with van der Waals surface area (Å²) in [5.41, 5.74) is 0.540. The second-order valence-corrected chi connectivity index (χ2v) is 7.40. The zero-order chi connectivity index (χ0) is 16.8. The molecule has 0 unspecified atom stereocenters. The Morgan fingerprint density at radius 2 is 1.75 bits per heavy atom. The molecule has 126 valence electrons. The number of amides is 3. The van der Waals surface area contributed by atoms with Crippen molar-refractivity contribution >= 4 is 35.0 Å². The van der Waals surface area contributed by atoms with E-state index < -0.39 is 0 Å². The zero-order valence-corrected chi connectivity index (χ0v) is 14.0. The quantitative estimate of drug-likeness (QED) is 0.852. The average molecular weight is 347 g/mol. The summed E-state index contributed by atoms with van der Waals surface area (Å²) in [5, 5.41) is 3.19. The van der Waals surface area contributed by atoms with Gasteiger partial charge in [0.25, 0.3) is 0 Å². The molecule has 0 aromatic heterocycles. The molecule has 2 bridgehead atoms. The summed E-state index contributed by atoms with van der Waals surface area (Å²) in [5.74, 6) is 0.122. The summed E-state index contributed by atoms with van der Waals surface area (Å²) < 4.78 is 0. The molecule has 4 rings (SSSR count). The molecule has 1 N–H and O–H groups in total. The van der Waals surface area contributed by atoms with Crippen molar-refractivity contribution in [3.8, 4) is 0 Å². The molecule has 3 fully saturated rings. The van der Waals surface area contributed by atoms with Crippen LogP contribution in [0.2, 0.25) is 5.02 Å². The van der Waals surface area contributed by atoms with Crippen molar-refractivity contribution in [1.29, 1.82) is 0 Å². The maximum absolute atomic E-state index is 12.6. The van der Waals surface area contributed by atoms with Crippen molar-refractivity contribution in [2.45, 2.75) is 25.7 Å². The molecule has 1 aliphatic heterocycles. The molecule has 24 heavy (non-hydrogen) atoms. The van der Waals surface area contributed by atoms with Crippen LogP contribution >= 0.6 is 11.6 Å². The largest absolute Gasteiger partial charge is 0.325 e. The highest BCUT2D eigenvalue weighted by molar-refractivity contribution is 6.33. The number of anilines is 1. The van der Waals surface area contributed by atoms with E-state index in [1.807, 2.05) is 0 Å². The van der Waals surface area contributed by atoms with Crippen LogP contribution in [0.3, 0.4) is 0 Å². The maximum atomic E-state index is 12.6. The first-order chi connectivity index (χ1) is 11.6. The van der Waals surface area contributed by atoms with Gasteiger partial charge in [-0.2, -0.15) is 0 Å². The molecule has 4 atom stereocenters. The van der Waals surface area contributed by atoms with Gasteiger partial charge in [0, 0.05) is 13.0 Å². The minimum atomic E-state index is -0.247. The number of nitrogens with one attached hydrogen (secondary N) is 1. The van der Waals surface area contributed by atoms with E-state index in [-0.39, 0.29) is 42.5 Å². The van der Waals surface area contributed by atoms with Gasteiger partial charge in [-0.1, -0.05) is 23.7 Å². The first-order valence-corrected chi connectivity index (χ1v) is 8.83. The summed E-state index contributed by atoms with van der Waals surface area (Å²) >= 11 is 6.01. The van der Waals surface area contributed by atoms with Crippen LogP contribution in [0.1, 0.15) is 25.7 Å². The Balaban J connectivity index is 1.38. The Hall–Kier alpha value is -1.88. The summed E-state index contributed by atoms with van der Waals surface area (Å²) in [6.07, 6.45) is 3.24. The van der Waals surface area contributed by atoms with Gasteiger partial charge in [-0.3, -0.25) is 19.3 Å². The molecule has 2 saturated carbocycles. The standard InChI is InChI=1S/C18H19ClN2O3/c19-12-3-1-2-4-13(12)20-14(22)7-8-21-17(23)15-10-5-6-11(9-10)16(15)18(21)24/h1-4,10-11,15-16H,5-9H2,(H,20,22)/t10-,11-,15+,16+/m0/s1. The van der Waals surface area contributed by atoms with Crippen molar-refractivity contribution in [2.75, 3.05) is 11.9 Å². The highest BCUT2D eigenvalue weighted by Crippen LogP contribution is 2.56. The highest BCUT2D eigenvalue weighted by atomic mass is 35.5. The van der Waals surface area contributed by atoms with Crippen molar-refractivity contribution in [2.24, 2.45) is 23.7 Å². The van der Waals surface area contributed by atoms with Gasteiger partial charge in [-0.25, -0.2) is 0 Å². The van der Waals surface area contributed by atoms with Crippen LogP contribution in [0, 0.1) is 23.7 Å². The van der Waals surface area contributed by atoms with E-state index in [4.69, 9.17) is 11.6 Å². The van der Waals surface area contributed by atoms with E-state index in [2.05, 4.69) is 5.32 Å². The van der Waals surface area contributed by atoms with Crippen molar-refractivity contribution < 1.29 is 14.4 Å². The number of likely N-dealkylation sites (tertiary alicyclic amines) is 1. The van der Waals surface area contributed by atoms with Gasteiger partial charge in [-0.05, 0) is 43.2 Å². The Labute approximate surface area is 145 Å². The number of hydrogen-bond donors (Lipinski definition) is 1. The van der Waals surface area contributed by atoms with Crippen LogP contribution in [0.4, 0.5) is 5.69 Å². The fourth-order valence-corrected chi connectivity index (χ4v) is 4.86. The van der Waals surface area contributed by atoms with Crippen molar-refractivity contribution in [3.63, 3.8) is 0 Å². The van der Waals surface area contributed by atoms with Gasteiger partial charge in [0.15, 0.2) is 0 Å². The number of rotatable bonds is 4. The summed E-state index contributed by atoms with van der Waals surface area (Å²) in [7, 11) is 0. The van der Waals surface area contributed by atoms with E-state index in [0.29, 0.717) is 22.5 Å². The third-order valence-corrected chi connectivity index (χ3v) is 6.06. The second kappa shape index (κ2) is 5.88. The van der Waals surface area contributed by atoms with Crippen LogP contribution in [0.5, 0.6) is 0 Å². The number of carbonyl (C=O) groups excluding carboxylic acids is 3. The van der Waals surface area contributed by atoms with Crippen LogP contribution < -0.4 is 5.32 Å². The van der Waals surface area contributed by atoms with E-state index >= 15 is 0 Å². The third-order valence-electron chi connectivity index (χ3n) is 5.73. The Kier molecular flexibility index (Phi) is 3.83. The third kappa shape index (κ3) is 2.42. The summed E-state index contributed by atoms with van der Waals surface area (Å²) in [6.45, 7) is 0.153. The molecule has 0 radical (unpaired) electrons. The molecule has 5 nitrogen and oxygen atoms in total. The fraction of sp³-hybridized carbons (Fsp3) is 0.500. The predicted molar refractivity (Wildman–Crippen MR) is 89.2 cm³/mol. The molecule has 1 aromatic rings. The molecule has 0 spiro atoms. The molecule has 3 amide bonds. The average Bonchev–Trinajstić information content (AvgIpc) is 3.23. The lowest BCUT2D eigenvalue weighted by Crippen LogP contribution is -2.35. The molecule has 1 heterocycles. The van der Waals surface area contributed by atoms with Crippen LogP contribution in [0.15, 0.2) is 24.3 Å². The minimum Gasteiger partial charge on any atom is -0.325 e. The van der Waals surface area contributed by atoms with Crippen molar-refractivity contribution in [3.05, 3.63) is 29.3 Å². The Morgan fingerprint density at radius 1 is 1.12 bits per heavy atom. The molecular formula is C18H19ClN2O3. The smallest absolute Gasteiger partial charge is 0.233 e. The van der Waals surface area contributed by atoms with Gasteiger partial charge >= 0.3 is 0 Å². The number of fused-ring (bicyclic) bond motifs is 5. The van der Waals surface area contributed by atoms with Gasteiger partial charge in [0.1, 0.15) is 0 Å². The number of nitrogens with zero attached hydrogens (tertiary/aromatic N) is 1. The van der Waals surface area contributed by atoms with Crippen molar-refractivity contribution in [1.82, 2.24) is 4.90 Å². The Morgan fingerprint density at radius 3 is 2.38 bits per heavy atom. The SMILES string of the molecule is O=C(CCN1C(=O)[C@@H]2[C@H]3CC[C@@H](C3)[C@H]2C1=O)Nc1ccccc1Cl. The van der Waals surface area contributed by atoms with Gasteiger partial charge in [0.2, 0.25) is 17.7 Å². The number of para-hydroxylation sites is 1. The maximum Gasteiger partial charge on any atom is 0.233 e. The number of carbonyl (C=O) groups is 3. The number of imide groups is 1. The van der Waals surface area contributed by atoms with Crippen LogP contribution in [-0.2, 0) is 14.4 Å². The molecule has 2 aliphatic carbocycles. The van der Waals surface area contributed by atoms with Crippen LogP contribution in [0.25, 0.3) is 0 Å². The van der Waals surface area contributed by atoms with Crippen LogP contribution in [-0.4, -0.2) is 29.2 Å². The van der Waals surface area contributed by atoms with E-state index in [9.17, 15) is 14.4 Å². The highest BCUT2D eigenvalue weighted by Gasteiger charge is 2.60. The topological polar surface area (TPSA) is 66.5 Å². The fourth-order valence-electron chi connectivity index (χ4n) is 4.68. The molecule has 1 aromatic carbocycles. The lowest BCUT2D eigenvalue weighted by Gasteiger charge is -2.19. The Bertz CT molecular complexity index is 692. The van der Waals surface area contributed by atoms with E-state index in [1.54, 1.807) is 24.3 Å². The lowest BCUT2D eigenvalue weighted by molar-refractivity contribution is -0.140. The monoisotopic (exact) mass is 346 g/mol. The molecule has 3 aliphatic rings. The molecule has 6 heteroatoms. The minimum absolute atomic E-state index is 0.0669. The number of hydrogen-bond acceptors (Lipinski definition) is 3. The lowest BCUT2D eigenvalue weighted by atomic mass is 9.81. The van der Waals surface area contributed by atoms with Gasteiger partial charge < -0.3 is 5.32 Å². The predicted octanol–water partition coefficient (Wildman–Crippen LogP) is 2.70. The van der Waals surface area contributed by atoms with E-state index in [0.717, 1.165) is 19.3 Å². The molecule has 1 saturated heterocycles. The first-order valence-electron chi connectivity index (χ1n) is 8.46. The normalized spacial score (nSPS) is 30.8. The zero-order valence-electron chi connectivity index (χ0n) is 13.2. The first kappa shape index (κ1) is 15.6. The second-order valence-electron chi connectivity index (χ2n) is 6.99. The van der Waals surface area contributed by atoms with E-state index in [1.165, 1.54) is 4.90 Å². The van der Waals surface area contributed by atoms with Gasteiger partial charge in [-0.15, -0.1) is 0 Å². The summed E-state index contributed by atoms with van der Waals surface area (Å²) in [4.78, 5) is 38.5. The number of benzene rings is 1. The van der Waals surface area contributed by atoms with Gasteiger partial charge in [0.05, 0.1) is 22.5 Å². The summed E-state index contributed by atoms with van der Waals surface area (Å²) in [6, 6.07) is 6.98.